The number of nitrogens with one attached hydrogen (secondary N) is 2. The average Bonchev–Trinajstić information content (AvgIpc) is 2.65. The lowest BCUT2D eigenvalue weighted by Gasteiger charge is -2.22. The highest BCUT2D eigenvalue weighted by Crippen LogP contribution is 2.26. The Bertz CT molecular complexity index is 737. The fourth-order valence-corrected chi connectivity index (χ4v) is 2.96. The van der Waals surface area contributed by atoms with Gasteiger partial charge in [0.1, 0.15) is 5.75 Å². The van der Waals surface area contributed by atoms with Gasteiger partial charge in [0.2, 0.25) is 5.91 Å². The second kappa shape index (κ2) is 9.97. The molecule has 0 saturated carbocycles. The lowest BCUT2D eigenvalue weighted by molar-refractivity contribution is -0.131. The molecule has 0 aliphatic carbocycles. The summed E-state index contributed by atoms with van der Waals surface area (Å²) in [6, 6.07) is 16.8. The van der Waals surface area contributed by atoms with Crippen molar-refractivity contribution in [2.75, 3.05) is 6.61 Å². The molecule has 2 aromatic rings. The first-order valence-corrected chi connectivity index (χ1v) is 9.32. The Balaban J connectivity index is 1.89. The Morgan fingerprint density at radius 1 is 1.08 bits per heavy atom. The van der Waals surface area contributed by atoms with Crippen LogP contribution in [0.5, 0.6) is 5.75 Å². The van der Waals surface area contributed by atoms with Crippen molar-refractivity contribution >= 4 is 27.7 Å². The number of hydrazine groups is 1. The summed E-state index contributed by atoms with van der Waals surface area (Å²) in [6.45, 7) is 3.88. The van der Waals surface area contributed by atoms with Crippen LogP contribution in [0.2, 0.25) is 0 Å². The molecule has 2 amide bonds. The number of hydrogen-bond donors (Lipinski definition) is 2. The van der Waals surface area contributed by atoms with E-state index in [0.29, 0.717) is 5.75 Å². The van der Waals surface area contributed by atoms with Crippen molar-refractivity contribution in [2.45, 2.75) is 26.2 Å². The summed E-state index contributed by atoms with van der Waals surface area (Å²) in [4.78, 5) is 24.5. The van der Waals surface area contributed by atoms with Crippen LogP contribution < -0.4 is 15.6 Å². The van der Waals surface area contributed by atoms with Crippen LogP contribution in [0.1, 0.15) is 31.7 Å². The van der Waals surface area contributed by atoms with Gasteiger partial charge in [-0.25, -0.2) is 0 Å². The predicted octanol–water partition coefficient (Wildman–Crippen LogP) is 3.81. The maximum Gasteiger partial charge on any atom is 0.276 e. The van der Waals surface area contributed by atoms with Gasteiger partial charge in [-0.15, -0.1) is 0 Å². The van der Waals surface area contributed by atoms with Crippen LogP contribution in [0.4, 0.5) is 0 Å². The van der Waals surface area contributed by atoms with E-state index in [1.165, 1.54) is 0 Å². The Morgan fingerprint density at radius 2 is 1.81 bits per heavy atom. The van der Waals surface area contributed by atoms with E-state index in [1.807, 2.05) is 56.3 Å². The first-order chi connectivity index (χ1) is 12.5. The van der Waals surface area contributed by atoms with Crippen molar-refractivity contribution in [2.24, 2.45) is 5.92 Å². The van der Waals surface area contributed by atoms with E-state index in [0.717, 1.165) is 16.5 Å². The highest BCUT2D eigenvalue weighted by Gasteiger charge is 2.26. The SMILES string of the molecule is CC[C@H](C)[C@@H](C(=O)NNC(=O)COc1cccc(Br)c1)c1ccccc1. The Hall–Kier alpha value is -2.34. The van der Waals surface area contributed by atoms with Crippen molar-refractivity contribution in [3.63, 3.8) is 0 Å². The zero-order valence-corrected chi connectivity index (χ0v) is 16.5. The smallest absolute Gasteiger partial charge is 0.276 e. The summed E-state index contributed by atoms with van der Waals surface area (Å²) in [7, 11) is 0. The van der Waals surface area contributed by atoms with E-state index < -0.39 is 5.91 Å². The molecule has 0 saturated heterocycles. The molecule has 0 aromatic heterocycles. The van der Waals surface area contributed by atoms with Crippen LogP contribution in [-0.4, -0.2) is 18.4 Å². The monoisotopic (exact) mass is 418 g/mol. The summed E-state index contributed by atoms with van der Waals surface area (Å²) < 4.78 is 6.27. The van der Waals surface area contributed by atoms with Gasteiger partial charge in [-0.05, 0) is 29.7 Å². The summed E-state index contributed by atoms with van der Waals surface area (Å²) in [6.07, 6.45) is 0.854. The molecule has 2 rings (SSSR count). The maximum absolute atomic E-state index is 12.6. The fourth-order valence-electron chi connectivity index (χ4n) is 2.59. The minimum atomic E-state index is -0.422. The average molecular weight is 419 g/mol. The van der Waals surface area contributed by atoms with Crippen LogP contribution in [-0.2, 0) is 9.59 Å². The summed E-state index contributed by atoms with van der Waals surface area (Å²) >= 11 is 3.34. The first-order valence-electron chi connectivity index (χ1n) is 8.53. The third kappa shape index (κ3) is 5.88. The van der Waals surface area contributed by atoms with Crippen molar-refractivity contribution < 1.29 is 14.3 Å². The molecule has 2 aromatic carbocycles. The van der Waals surface area contributed by atoms with Crippen LogP contribution in [0.3, 0.4) is 0 Å². The van der Waals surface area contributed by atoms with Gasteiger partial charge < -0.3 is 4.74 Å². The van der Waals surface area contributed by atoms with Crippen LogP contribution >= 0.6 is 15.9 Å². The maximum atomic E-state index is 12.6. The van der Waals surface area contributed by atoms with Crippen molar-refractivity contribution in [3.05, 3.63) is 64.6 Å². The molecule has 0 fully saturated rings. The second-order valence-corrected chi connectivity index (χ2v) is 6.97. The van der Waals surface area contributed by atoms with Gasteiger partial charge >= 0.3 is 0 Å². The largest absolute Gasteiger partial charge is 0.484 e. The van der Waals surface area contributed by atoms with Crippen molar-refractivity contribution in [3.8, 4) is 5.75 Å². The Kier molecular flexibility index (Phi) is 7.66. The number of benzene rings is 2. The zero-order chi connectivity index (χ0) is 18.9. The van der Waals surface area contributed by atoms with Crippen LogP contribution in [0.15, 0.2) is 59.1 Å². The number of hydrogen-bond acceptors (Lipinski definition) is 3. The first kappa shape index (κ1) is 20.0. The molecule has 5 nitrogen and oxygen atoms in total. The molecule has 2 atom stereocenters. The second-order valence-electron chi connectivity index (χ2n) is 6.06. The third-order valence-electron chi connectivity index (χ3n) is 4.15. The van der Waals surface area contributed by atoms with E-state index in [-0.39, 0.29) is 24.3 Å². The highest BCUT2D eigenvalue weighted by molar-refractivity contribution is 9.10. The molecule has 0 spiro atoms. The van der Waals surface area contributed by atoms with Crippen molar-refractivity contribution in [1.29, 1.82) is 0 Å². The summed E-state index contributed by atoms with van der Waals surface area (Å²) in [5.74, 6) is -0.266. The van der Waals surface area contributed by atoms with E-state index in [4.69, 9.17) is 4.74 Å². The quantitative estimate of drug-likeness (QED) is 0.671. The number of ether oxygens (including phenoxy) is 1. The highest BCUT2D eigenvalue weighted by atomic mass is 79.9. The normalized spacial score (nSPS) is 12.7. The number of halogens is 1. The molecular weight excluding hydrogens is 396 g/mol. The van der Waals surface area contributed by atoms with Gasteiger partial charge in [0, 0.05) is 4.47 Å². The summed E-state index contributed by atoms with van der Waals surface area (Å²) in [5, 5.41) is 0. The Labute approximate surface area is 162 Å². The number of amides is 2. The predicted molar refractivity (Wildman–Crippen MR) is 105 cm³/mol. The molecule has 0 bridgehead atoms. The van der Waals surface area contributed by atoms with E-state index in [9.17, 15) is 9.59 Å². The standard InChI is InChI=1S/C20H23BrN2O3/c1-3-14(2)19(15-8-5-4-6-9-15)20(25)23-22-18(24)13-26-17-11-7-10-16(21)12-17/h4-12,14,19H,3,13H2,1-2H3,(H,22,24)(H,23,25)/t14-,19+/m0/s1. The molecule has 0 aliphatic heterocycles. The topological polar surface area (TPSA) is 67.4 Å². The summed E-state index contributed by atoms with van der Waals surface area (Å²) in [5.41, 5.74) is 5.87. The minimum absolute atomic E-state index is 0.146. The van der Waals surface area contributed by atoms with Gasteiger partial charge in [0.25, 0.3) is 5.91 Å². The molecule has 6 heteroatoms. The zero-order valence-electron chi connectivity index (χ0n) is 14.9. The van der Waals surface area contributed by atoms with Gasteiger partial charge in [0.15, 0.2) is 6.61 Å². The molecule has 0 aliphatic rings. The lowest BCUT2D eigenvalue weighted by Crippen LogP contribution is -2.46. The van der Waals surface area contributed by atoms with Crippen LogP contribution in [0.25, 0.3) is 0 Å². The van der Waals surface area contributed by atoms with Gasteiger partial charge in [0.05, 0.1) is 5.92 Å². The molecule has 2 N–H and O–H groups in total. The molecule has 138 valence electrons. The fraction of sp³-hybridized carbons (Fsp3) is 0.300. The van der Waals surface area contributed by atoms with Gasteiger partial charge in [-0.1, -0.05) is 72.6 Å². The molecule has 26 heavy (non-hydrogen) atoms. The third-order valence-corrected chi connectivity index (χ3v) is 4.64. The molecule has 0 unspecified atom stereocenters. The van der Waals surface area contributed by atoms with Crippen LogP contribution in [0, 0.1) is 5.92 Å². The molecule has 0 radical (unpaired) electrons. The van der Waals surface area contributed by atoms with E-state index in [2.05, 4.69) is 26.8 Å². The number of carbonyl (C=O) groups is 2. The van der Waals surface area contributed by atoms with Gasteiger partial charge in [-0.2, -0.15) is 0 Å². The number of carbonyl (C=O) groups excluding carboxylic acids is 2. The van der Waals surface area contributed by atoms with E-state index in [1.54, 1.807) is 12.1 Å². The lowest BCUT2D eigenvalue weighted by atomic mass is 9.85. The minimum Gasteiger partial charge on any atom is -0.484 e. The number of rotatable bonds is 7. The molecule has 0 heterocycles. The van der Waals surface area contributed by atoms with Crippen molar-refractivity contribution in [1.82, 2.24) is 10.9 Å². The van der Waals surface area contributed by atoms with Gasteiger partial charge in [-0.3, -0.25) is 20.4 Å². The van der Waals surface area contributed by atoms with E-state index >= 15 is 0 Å². The molecular formula is C20H23BrN2O3. The Morgan fingerprint density at radius 3 is 2.46 bits per heavy atom.